The summed E-state index contributed by atoms with van der Waals surface area (Å²) in [5.41, 5.74) is 2.56. The van der Waals surface area contributed by atoms with E-state index in [2.05, 4.69) is 33.3 Å². The van der Waals surface area contributed by atoms with E-state index in [1.165, 1.54) is 20.9 Å². The summed E-state index contributed by atoms with van der Waals surface area (Å²) in [6, 6.07) is 9.94. The molecule has 1 N–H and O–H groups in total. The Morgan fingerprint density at radius 1 is 1.03 bits per heavy atom. The molecule has 1 aromatic carbocycles. The predicted octanol–water partition coefficient (Wildman–Crippen LogP) is 3.43. The van der Waals surface area contributed by atoms with Gasteiger partial charge in [0.15, 0.2) is 0 Å². The molecule has 31 heavy (non-hydrogen) atoms. The van der Waals surface area contributed by atoms with Crippen LogP contribution in [-0.4, -0.2) is 59.5 Å². The normalized spacial score (nSPS) is 24.6. The van der Waals surface area contributed by atoms with E-state index in [4.69, 9.17) is 11.6 Å². The number of nitrogens with one attached hydrogen (secondary N) is 1. The van der Waals surface area contributed by atoms with E-state index < -0.39 is 5.54 Å². The number of nitrogens with zero attached hydrogens (tertiary/aromatic N) is 3. The molecule has 5 rings (SSSR count). The van der Waals surface area contributed by atoms with Gasteiger partial charge in [-0.15, -0.1) is 11.3 Å². The minimum Gasteiger partial charge on any atom is -0.319 e. The standard InChI is InChI=1S/C23H27ClN4O2S/c1-23(18-6-5-16-3-2-4-17(16)13-18)21(29)28(22(30)25-23)15-27-11-9-26(10-12-27)14-19-7-8-20(24)31-19/h5-8,13H,2-4,9-12,14-15H2,1H3,(H,25,30)/t23-/m0/s1. The molecular weight excluding hydrogens is 432 g/mol. The van der Waals surface area contributed by atoms with Gasteiger partial charge in [-0.3, -0.25) is 14.6 Å². The number of hydrogen-bond acceptors (Lipinski definition) is 5. The second kappa shape index (κ2) is 8.20. The number of aryl methyl sites for hydroxylation is 2. The van der Waals surface area contributed by atoms with Gasteiger partial charge >= 0.3 is 6.03 Å². The van der Waals surface area contributed by atoms with Gasteiger partial charge in [0, 0.05) is 37.6 Å². The van der Waals surface area contributed by atoms with Gasteiger partial charge < -0.3 is 5.32 Å². The number of benzene rings is 1. The van der Waals surface area contributed by atoms with Crippen molar-refractivity contribution in [3.63, 3.8) is 0 Å². The fraction of sp³-hybridized carbons (Fsp3) is 0.478. The smallest absolute Gasteiger partial charge is 0.319 e. The summed E-state index contributed by atoms with van der Waals surface area (Å²) in [7, 11) is 0. The van der Waals surface area contributed by atoms with Crippen molar-refractivity contribution >= 4 is 34.9 Å². The van der Waals surface area contributed by atoms with Crippen LogP contribution >= 0.6 is 22.9 Å². The largest absolute Gasteiger partial charge is 0.326 e. The third-order valence-electron chi connectivity index (χ3n) is 6.77. The predicted molar refractivity (Wildman–Crippen MR) is 122 cm³/mol. The Morgan fingerprint density at radius 3 is 2.52 bits per heavy atom. The molecule has 3 amide bonds. The number of carbonyl (C=O) groups is 2. The summed E-state index contributed by atoms with van der Waals surface area (Å²) < 4.78 is 0.818. The first-order valence-corrected chi connectivity index (χ1v) is 12.1. The molecule has 1 aliphatic carbocycles. The van der Waals surface area contributed by atoms with Gasteiger partial charge in [-0.2, -0.15) is 0 Å². The zero-order chi connectivity index (χ0) is 21.6. The molecule has 0 bridgehead atoms. The van der Waals surface area contributed by atoms with Crippen molar-refractivity contribution in [2.24, 2.45) is 0 Å². The summed E-state index contributed by atoms with van der Waals surface area (Å²) in [6.07, 6.45) is 3.31. The Hall–Kier alpha value is -1.93. The zero-order valence-electron chi connectivity index (χ0n) is 17.7. The maximum atomic E-state index is 13.3. The van der Waals surface area contributed by atoms with Gasteiger partial charge in [0.1, 0.15) is 5.54 Å². The maximum absolute atomic E-state index is 13.3. The first-order chi connectivity index (χ1) is 14.9. The lowest BCUT2D eigenvalue weighted by Crippen LogP contribution is -2.51. The Bertz CT molecular complexity index is 1020. The molecule has 6 nitrogen and oxygen atoms in total. The highest BCUT2D eigenvalue weighted by atomic mass is 35.5. The van der Waals surface area contributed by atoms with Crippen LogP contribution in [0, 0.1) is 0 Å². The number of halogens is 1. The quantitative estimate of drug-likeness (QED) is 0.697. The minimum absolute atomic E-state index is 0.161. The molecule has 2 saturated heterocycles. The van der Waals surface area contributed by atoms with Crippen LogP contribution in [0.2, 0.25) is 4.34 Å². The summed E-state index contributed by atoms with van der Waals surface area (Å²) in [6.45, 7) is 6.52. The van der Waals surface area contributed by atoms with Crippen molar-refractivity contribution in [2.45, 2.75) is 38.3 Å². The maximum Gasteiger partial charge on any atom is 0.326 e. The highest BCUT2D eigenvalue weighted by molar-refractivity contribution is 7.16. The topological polar surface area (TPSA) is 55.9 Å². The number of thiophene rings is 1. The molecule has 2 fully saturated rings. The molecule has 1 aromatic heterocycles. The highest BCUT2D eigenvalue weighted by Crippen LogP contribution is 2.33. The SMILES string of the molecule is C[C@@]1(c2ccc3c(c2)CCC3)NC(=O)N(CN2CCN(Cc3ccc(Cl)s3)CC2)C1=O. The lowest BCUT2D eigenvalue weighted by molar-refractivity contribution is -0.132. The molecule has 3 aliphatic rings. The fourth-order valence-electron chi connectivity index (χ4n) is 4.85. The second-order valence-electron chi connectivity index (χ2n) is 8.87. The second-order valence-corrected chi connectivity index (χ2v) is 10.7. The van der Waals surface area contributed by atoms with Crippen molar-refractivity contribution < 1.29 is 9.59 Å². The van der Waals surface area contributed by atoms with E-state index in [-0.39, 0.29) is 11.9 Å². The molecule has 8 heteroatoms. The summed E-state index contributed by atoms with van der Waals surface area (Å²) in [5.74, 6) is -0.161. The summed E-state index contributed by atoms with van der Waals surface area (Å²) >= 11 is 7.65. The molecule has 3 heterocycles. The van der Waals surface area contributed by atoms with Crippen molar-refractivity contribution in [1.82, 2.24) is 20.0 Å². The number of urea groups is 1. The number of amides is 3. The molecule has 0 spiro atoms. The van der Waals surface area contributed by atoms with E-state index in [1.807, 2.05) is 19.1 Å². The van der Waals surface area contributed by atoms with Gasteiger partial charge in [-0.25, -0.2) is 9.69 Å². The third-order valence-corrected chi connectivity index (χ3v) is 7.98. The van der Waals surface area contributed by atoms with Crippen LogP contribution in [0.1, 0.15) is 34.9 Å². The van der Waals surface area contributed by atoms with Crippen LogP contribution in [0.25, 0.3) is 0 Å². The molecule has 2 aromatic rings. The number of hydrogen-bond donors (Lipinski definition) is 1. The molecular formula is C23H27ClN4O2S. The number of carbonyl (C=O) groups excluding carboxylic acids is 2. The lowest BCUT2D eigenvalue weighted by Gasteiger charge is -2.35. The summed E-state index contributed by atoms with van der Waals surface area (Å²) in [5, 5.41) is 2.96. The van der Waals surface area contributed by atoms with E-state index in [1.54, 1.807) is 11.3 Å². The number of piperazine rings is 1. The Labute approximate surface area is 191 Å². The molecule has 0 radical (unpaired) electrons. The average Bonchev–Trinajstić information content (AvgIpc) is 3.44. The molecule has 2 aliphatic heterocycles. The number of imide groups is 1. The van der Waals surface area contributed by atoms with Crippen LogP contribution in [0.4, 0.5) is 4.79 Å². The van der Waals surface area contributed by atoms with E-state index in [0.29, 0.717) is 6.67 Å². The first-order valence-electron chi connectivity index (χ1n) is 10.9. The van der Waals surface area contributed by atoms with E-state index in [9.17, 15) is 9.59 Å². The fourth-order valence-corrected chi connectivity index (χ4v) is 5.98. The molecule has 0 saturated carbocycles. The summed E-state index contributed by atoms with van der Waals surface area (Å²) in [4.78, 5) is 33.3. The van der Waals surface area contributed by atoms with E-state index >= 15 is 0 Å². The van der Waals surface area contributed by atoms with Crippen LogP contribution in [0.5, 0.6) is 0 Å². The Balaban J connectivity index is 1.21. The first kappa shape index (κ1) is 20.9. The lowest BCUT2D eigenvalue weighted by atomic mass is 9.90. The van der Waals surface area contributed by atoms with Crippen molar-refractivity contribution in [2.75, 3.05) is 32.8 Å². The Morgan fingerprint density at radius 2 is 1.77 bits per heavy atom. The van der Waals surface area contributed by atoms with Gasteiger partial charge in [0.2, 0.25) is 0 Å². The molecule has 1 atom stereocenters. The van der Waals surface area contributed by atoms with Crippen molar-refractivity contribution in [3.8, 4) is 0 Å². The van der Waals surface area contributed by atoms with Gasteiger partial charge in [-0.1, -0.05) is 29.8 Å². The minimum atomic E-state index is -0.991. The zero-order valence-corrected chi connectivity index (χ0v) is 19.3. The van der Waals surface area contributed by atoms with Crippen LogP contribution in [0.15, 0.2) is 30.3 Å². The van der Waals surface area contributed by atoms with Crippen LogP contribution < -0.4 is 5.32 Å². The average molecular weight is 459 g/mol. The van der Waals surface area contributed by atoms with Gasteiger partial charge in [0.05, 0.1) is 11.0 Å². The monoisotopic (exact) mass is 458 g/mol. The van der Waals surface area contributed by atoms with Crippen molar-refractivity contribution in [1.29, 1.82) is 0 Å². The molecule has 0 unspecified atom stereocenters. The van der Waals surface area contributed by atoms with Gasteiger partial charge in [0.25, 0.3) is 5.91 Å². The van der Waals surface area contributed by atoms with E-state index in [0.717, 1.165) is 61.9 Å². The van der Waals surface area contributed by atoms with Gasteiger partial charge in [-0.05, 0) is 55.0 Å². The number of rotatable bonds is 5. The van der Waals surface area contributed by atoms with Crippen LogP contribution in [-0.2, 0) is 29.7 Å². The van der Waals surface area contributed by atoms with Crippen LogP contribution in [0.3, 0.4) is 0 Å². The highest BCUT2D eigenvalue weighted by Gasteiger charge is 2.49. The van der Waals surface area contributed by atoms with Crippen molar-refractivity contribution in [3.05, 3.63) is 56.2 Å². The number of fused-ring (bicyclic) bond motifs is 1. The molecule has 164 valence electrons. The third kappa shape index (κ3) is 4.00. The Kier molecular flexibility index (Phi) is 5.54.